The Morgan fingerprint density at radius 2 is 1.75 bits per heavy atom. The third-order valence-electron chi connectivity index (χ3n) is 8.27. The summed E-state index contributed by atoms with van der Waals surface area (Å²) in [5.41, 5.74) is 1.27. The number of rotatable bonds is 5. The highest BCUT2D eigenvalue weighted by atomic mass is 35.5. The van der Waals surface area contributed by atoms with Crippen LogP contribution in [-0.4, -0.2) is 34.2 Å². The summed E-state index contributed by atoms with van der Waals surface area (Å²) in [6.45, 7) is 4.58. The van der Waals surface area contributed by atoms with Gasteiger partial charge < -0.3 is 9.84 Å². The molecule has 2 aromatic rings. The fraction of sp³-hybridized carbons (Fsp3) is 0.593. The van der Waals surface area contributed by atoms with Crippen molar-refractivity contribution in [3.63, 3.8) is 0 Å². The fourth-order valence-corrected chi connectivity index (χ4v) is 6.67. The van der Waals surface area contributed by atoms with E-state index in [4.69, 9.17) is 16.3 Å². The van der Waals surface area contributed by atoms with Gasteiger partial charge in [0.2, 0.25) is 0 Å². The second-order valence-corrected chi connectivity index (χ2v) is 10.8. The van der Waals surface area contributed by atoms with Crippen LogP contribution in [0.15, 0.2) is 30.3 Å². The summed E-state index contributed by atoms with van der Waals surface area (Å²) in [4.78, 5) is 14.1. The van der Waals surface area contributed by atoms with E-state index >= 15 is 0 Å². The first kappa shape index (κ1) is 22.0. The normalized spacial score (nSPS) is 31.5. The Hall–Kier alpha value is -1.78. The minimum absolute atomic E-state index is 0.183. The van der Waals surface area contributed by atoms with E-state index in [2.05, 4.69) is 43.0 Å². The molecule has 0 radical (unpaired) electrons. The molecule has 4 nitrogen and oxygen atoms in total. The van der Waals surface area contributed by atoms with Gasteiger partial charge in [-0.05, 0) is 87.3 Å². The van der Waals surface area contributed by atoms with Gasteiger partial charge in [-0.15, -0.1) is 0 Å². The average Bonchev–Trinajstić information content (AvgIpc) is 3.05. The lowest BCUT2D eigenvalue weighted by atomic mass is 9.88. The molecule has 1 N–H and O–H groups in total. The summed E-state index contributed by atoms with van der Waals surface area (Å²) in [6, 6.07) is 11.7. The number of carbonyl (C=O) groups is 1. The second kappa shape index (κ2) is 8.87. The van der Waals surface area contributed by atoms with Crippen LogP contribution < -0.4 is 4.74 Å². The molecular weight excluding hydrogens is 422 g/mol. The number of piperidine rings is 1. The minimum Gasteiger partial charge on any atom is -0.489 e. The van der Waals surface area contributed by atoms with Gasteiger partial charge in [0.05, 0.1) is 17.0 Å². The molecule has 2 unspecified atom stereocenters. The molecule has 5 rings (SSSR count). The first-order valence-electron chi connectivity index (χ1n) is 12.3. The summed E-state index contributed by atoms with van der Waals surface area (Å²) in [6.07, 6.45) is 8.69. The van der Waals surface area contributed by atoms with Crippen LogP contribution in [0.2, 0.25) is 5.02 Å². The molecule has 1 saturated carbocycles. The summed E-state index contributed by atoms with van der Waals surface area (Å²) in [7, 11) is 0. The van der Waals surface area contributed by atoms with Crippen LogP contribution in [0, 0.1) is 11.8 Å². The van der Waals surface area contributed by atoms with Crippen LogP contribution in [0.5, 0.6) is 5.75 Å². The number of carboxylic acid groups (broad SMARTS) is 1. The van der Waals surface area contributed by atoms with Gasteiger partial charge in [0.25, 0.3) is 0 Å². The largest absolute Gasteiger partial charge is 0.489 e. The molecule has 0 amide bonds. The van der Waals surface area contributed by atoms with Crippen molar-refractivity contribution in [2.24, 2.45) is 11.8 Å². The molecule has 2 bridgehead atoms. The fourth-order valence-electron chi connectivity index (χ4n) is 6.39. The number of aliphatic carboxylic acids is 1. The minimum atomic E-state index is -0.629. The summed E-state index contributed by atoms with van der Waals surface area (Å²) < 4.78 is 6.29. The van der Waals surface area contributed by atoms with Crippen molar-refractivity contribution in [1.29, 1.82) is 0 Å². The van der Waals surface area contributed by atoms with Crippen molar-refractivity contribution in [1.82, 2.24) is 4.90 Å². The lowest BCUT2D eigenvalue weighted by Gasteiger charge is -2.41. The topological polar surface area (TPSA) is 49.8 Å². The average molecular weight is 456 g/mol. The van der Waals surface area contributed by atoms with E-state index in [0.29, 0.717) is 17.1 Å². The quantitative estimate of drug-likeness (QED) is 0.536. The molecule has 3 atom stereocenters. The molecule has 0 aromatic heterocycles. The van der Waals surface area contributed by atoms with Gasteiger partial charge in [-0.25, -0.2) is 0 Å². The number of carboxylic acids is 1. The monoisotopic (exact) mass is 455 g/mol. The lowest BCUT2D eigenvalue weighted by molar-refractivity contribution is -0.144. The maximum absolute atomic E-state index is 11.5. The third kappa shape index (κ3) is 4.12. The first-order valence-corrected chi connectivity index (χ1v) is 12.7. The predicted octanol–water partition coefficient (Wildman–Crippen LogP) is 6.84. The Labute approximate surface area is 195 Å². The summed E-state index contributed by atoms with van der Waals surface area (Å²) in [5.74, 6) is 0.785. The smallest absolute Gasteiger partial charge is 0.306 e. The van der Waals surface area contributed by atoms with Crippen LogP contribution >= 0.6 is 11.6 Å². The zero-order chi connectivity index (χ0) is 22.4. The van der Waals surface area contributed by atoms with Gasteiger partial charge in [-0.1, -0.05) is 36.7 Å². The molecule has 2 saturated heterocycles. The van der Waals surface area contributed by atoms with Gasteiger partial charge in [0.15, 0.2) is 0 Å². The van der Waals surface area contributed by atoms with Gasteiger partial charge in [-0.2, -0.15) is 0 Å². The summed E-state index contributed by atoms with van der Waals surface area (Å²) in [5, 5.41) is 12.4. The molecule has 2 aliphatic heterocycles. The number of nitrogens with zero attached hydrogens (tertiary/aromatic N) is 1. The highest BCUT2D eigenvalue weighted by Gasteiger charge is 2.45. The van der Waals surface area contributed by atoms with E-state index in [1.165, 1.54) is 18.4 Å². The van der Waals surface area contributed by atoms with Crippen molar-refractivity contribution in [3.8, 4) is 5.75 Å². The second-order valence-electron chi connectivity index (χ2n) is 10.4. The Kier molecular flexibility index (Phi) is 6.11. The predicted molar refractivity (Wildman–Crippen MR) is 128 cm³/mol. The molecule has 2 aromatic carbocycles. The van der Waals surface area contributed by atoms with Gasteiger partial charge in [0.1, 0.15) is 5.75 Å². The van der Waals surface area contributed by atoms with E-state index in [0.717, 1.165) is 61.0 Å². The number of halogens is 1. The zero-order valence-corrected chi connectivity index (χ0v) is 19.9. The molecule has 2 heterocycles. The molecular formula is C27H34ClNO3. The number of hydrogen-bond donors (Lipinski definition) is 1. The third-order valence-corrected chi connectivity index (χ3v) is 8.66. The zero-order valence-electron chi connectivity index (χ0n) is 19.1. The summed E-state index contributed by atoms with van der Waals surface area (Å²) >= 11 is 6.78. The van der Waals surface area contributed by atoms with Crippen LogP contribution in [0.1, 0.15) is 76.8 Å². The van der Waals surface area contributed by atoms with Crippen LogP contribution in [0.4, 0.5) is 0 Å². The number of benzene rings is 2. The van der Waals surface area contributed by atoms with E-state index in [-0.39, 0.29) is 18.1 Å². The maximum Gasteiger partial charge on any atom is 0.306 e. The van der Waals surface area contributed by atoms with Crippen LogP contribution in [-0.2, 0) is 4.79 Å². The molecule has 32 heavy (non-hydrogen) atoms. The number of ether oxygens (including phenoxy) is 1. The Balaban J connectivity index is 1.34. The van der Waals surface area contributed by atoms with E-state index in [1.807, 2.05) is 6.07 Å². The standard InChI is InChI=1S/C27H34ClNO3/c1-16-3-9-23(10-4-16)32-25-12-6-19-13-18(5-11-24(19)26(25)28)17(2)29-21-7-8-22(29)15-20(14-21)27(30)31/h5-6,11-13,16-17,20-23H,3-4,7-10,14-15H2,1-2H3,(H,30,31)/t16-,17-,20?,21?,22?,23+/m0/s1. The Bertz CT molecular complexity index is 986. The van der Waals surface area contributed by atoms with Crippen LogP contribution in [0.25, 0.3) is 10.8 Å². The van der Waals surface area contributed by atoms with Crippen molar-refractivity contribution in [3.05, 3.63) is 40.9 Å². The Morgan fingerprint density at radius 1 is 1.06 bits per heavy atom. The van der Waals surface area contributed by atoms with Crippen molar-refractivity contribution in [2.75, 3.05) is 0 Å². The maximum atomic E-state index is 11.5. The number of fused-ring (bicyclic) bond motifs is 3. The Morgan fingerprint density at radius 3 is 2.41 bits per heavy atom. The molecule has 3 aliphatic rings. The number of hydrogen-bond acceptors (Lipinski definition) is 3. The molecule has 5 heteroatoms. The molecule has 0 spiro atoms. The van der Waals surface area contributed by atoms with Crippen molar-refractivity contribution < 1.29 is 14.6 Å². The first-order chi connectivity index (χ1) is 15.4. The van der Waals surface area contributed by atoms with E-state index in [9.17, 15) is 9.90 Å². The molecule has 3 fully saturated rings. The van der Waals surface area contributed by atoms with Gasteiger partial charge in [0, 0.05) is 23.5 Å². The van der Waals surface area contributed by atoms with Gasteiger partial charge >= 0.3 is 5.97 Å². The molecule has 172 valence electrons. The van der Waals surface area contributed by atoms with Gasteiger partial charge in [-0.3, -0.25) is 9.69 Å². The SMILES string of the molecule is C[C@@H](c1ccc2c(Cl)c(O[C@H]3CC[C@@H](C)CC3)ccc2c1)N1C2CCC1CC(C(=O)O)C2. The lowest BCUT2D eigenvalue weighted by Crippen LogP contribution is -2.45. The van der Waals surface area contributed by atoms with Crippen LogP contribution in [0.3, 0.4) is 0 Å². The highest BCUT2D eigenvalue weighted by Crippen LogP contribution is 2.44. The van der Waals surface area contributed by atoms with Crippen molar-refractivity contribution in [2.45, 2.75) is 89.4 Å². The van der Waals surface area contributed by atoms with E-state index in [1.54, 1.807) is 0 Å². The van der Waals surface area contributed by atoms with E-state index < -0.39 is 5.97 Å². The highest BCUT2D eigenvalue weighted by molar-refractivity contribution is 6.37. The molecule has 1 aliphatic carbocycles. The van der Waals surface area contributed by atoms with Crippen molar-refractivity contribution >= 4 is 28.3 Å².